The van der Waals surface area contributed by atoms with Crippen LogP contribution in [0.5, 0.6) is 34.8 Å². The zero-order valence-electron chi connectivity index (χ0n) is 18.7. The third kappa shape index (κ3) is 4.11. The third-order valence-corrected chi connectivity index (χ3v) is 5.50. The predicted octanol–water partition coefficient (Wildman–Crippen LogP) is 4.39. The van der Waals surface area contributed by atoms with Crippen LogP contribution in [0.3, 0.4) is 0 Å². The quantitative estimate of drug-likeness (QED) is 0.446. The minimum absolute atomic E-state index is 0.177. The van der Waals surface area contributed by atoms with Crippen LogP contribution in [-0.4, -0.2) is 35.1 Å². The molecular formula is C26H18N4O6. The second kappa shape index (κ2) is 8.91. The number of para-hydroxylation sites is 1. The highest BCUT2D eigenvalue weighted by atomic mass is 16.7. The molecule has 4 heterocycles. The van der Waals surface area contributed by atoms with E-state index in [0.717, 1.165) is 0 Å². The fourth-order valence-electron chi connectivity index (χ4n) is 3.83. The number of nitrogens with one attached hydrogen (secondary N) is 1. The molecular weight excluding hydrogens is 464 g/mol. The second-order valence-corrected chi connectivity index (χ2v) is 7.87. The number of benzene rings is 2. The Morgan fingerprint density at radius 2 is 1.86 bits per heavy atom. The predicted molar refractivity (Wildman–Crippen MR) is 128 cm³/mol. The van der Waals surface area contributed by atoms with Crippen LogP contribution in [0, 0.1) is 0 Å². The van der Waals surface area contributed by atoms with Crippen molar-refractivity contribution in [3.8, 4) is 34.8 Å². The standard InChI is InChI=1S/C26H18N4O6/c31-23(14-30-19-5-3-11-27-25(19)36-20-6-2-1-4-18(20)26(30)32)29-16-7-10-24(28-13-16)35-17-8-9-21-22(12-17)34-15-33-21/h1-13H,14-15H2,(H,29,31). The highest BCUT2D eigenvalue weighted by Gasteiger charge is 2.30. The molecule has 1 N–H and O–H groups in total. The summed E-state index contributed by atoms with van der Waals surface area (Å²) in [5, 5.41) is 2.76. The van der Waals surface area contributed by atoms with Gasteiger partial charge in [-0.25, -0.2) is 9.97 Å². The normalized spacial score (nSPS) is 13.2. The molecule has 0 spiro atoms. The van der Waals surface area contributed by atoms with Gasteiger partial charge in [-0.1, -0.05) is 12.1 Å². The van der Waals surface area contributed by atoms with Crippen LogP contribution in [0.25, 0.3) is 0 Å². The van der Waals surface area contributed by atoms with Crippen molar-refractivity contribution in [3.05, 3.63) is 84.7 Å². The molecule has 0 unspecified atom stereocenters. The molecule has 2 aromatic heterocycles. The first kappa shape index (κ1) is 21.4. The fraction of sp³-hybridized carbons (Fsp3) is 0.0769. The van der Waals surface area contributed by atoms with Gasteiger partial charge in [0.25, 0.3) is 5.91 Å². The van der Waals surface area contributed by atoms with Gasteiger partial charge >= 0.3 is 0 Å². The summed E-state index contributed by atoms with van der Waals surface area (Å²) in [5.74, 6) is 1.99. The minimum Gasteiger partial charge on any atom is -0.454 e. The SMILES string of the molecule is O=C(CN1C(=O)c2ccccc2Oc2ncccc21)Nc1ccc(Oc2ccc3c(c2)OCO3)nc1. The molecule has 0 atom stereocenters. The Morgan fingerprint density at radius 1 is 0.972 bits per heavy atom. The van der Waals surface area contributed by atoms with Crippen LogP contribution in [0.1, 0.15) is 10.4 Å². The first-order valence-electron chi connectivity index (χ1n) is 11.0. The zero-order chi connectivity index (χ0) is 24.5. The van der Waals surface area contributed by atoms with Gasteiger partial charge in [-0.2, -0.15) is 0 Å². The molecule has 2 aromatic carbocycles. The Kier molecular flexibility index (Phi) is 5.30. The number of aromatic nitrogens is 2. The van der Waals surface area contributed by atoms with E-state index in [0.29, 0.717) is 45.8 Å². The number of rotatable bonds is 5. The molecule has 178 valence electrons. The summed E-state index contributed by atoms with van der Waals surface area (Å²) < 4.78 is 22.2. The molecule has 2 amide bonds. The second-order valence-electron chi connectivity index (χ2n) is 7.87. The van der Waals surface area contributed by atoms with E-state index >= 15 is 0 Å². The van der Waals surface area contributed by atoms with Crippen molar-refractivity contribution in [2.45, 2.75) is 0 Å². The lowest BCUT2D eigenvalue weighted by atomic mass is 10.1. The van der Waals surface area contributed by atoms with E-state index < -0.39 is 5.91 Å². The van der Waals surface area contributed by atoms with Gasteiger partial charge < -0.3 is 24.3 Å². The van der Waals surface area contributed by atoms with Crippen molar-refractivity contribution in [3.63, 3.8) is 0 Å². The lowest BCUT2D eigenvalue weighted by Crippen LogP contribution is -2.37. The number of amides is 2. The number of pyridine rings is 2. The molecule has 10 heteroatoms. The van der Waals surface area contributed by atoms with Crippen LogP contribution < -0.4 is 29.2 Å². The molecule has 2 aliphatic rings. The minimum atomic E-state index is -0.413. The van der Waals surface area contributed by atoms with E-state index in [9.17, 15) is 9.59 Å². The Morgan fingerprint density at radius 3 is 2.75 bits per heavy atom. The van der Waals surface area contributed by atoms with Crippen molar-refractivity contribution in [1.82, 2.24) is 9.97 Å². The number of hydrogen-bond acceptors (Lipinski definition) is 8. The van der Waals surface area contributed by atoms with Crippen molar-refractivity contribution in [2.75, 3.05) is 23.6 Å². The molecule has 0 bridgehead atoms. The molecule has 0 radical (unpaired) electrons. The van der Waals surface area contributed by atoms with Crippen molar-refractivity contribution in [1.29, 1.82) is 0 Å². The van der Waals surface area contributed by atoms with E-state index in [2.05, 4.69) is 15.3 Å². The third-order valence-electron chi connectivity index (χ3n) is 5.50. The van der Waals surface area contributed by atoms with Crippen molar-refractivity contribution < 1.29 is 28.5 Å². The molecule has 4 aromatic rings. The molecule has 0 saturated carbocycles. The molecule has 6 rings (SSSR count). The maximum absolute atomic E-state index is 13.3. The van der Waals surface area contributed by atoms with E-state index in [1.54, 1.807) is 72.9 Å². The summed E-state index contributed by atoms with van der Waals surface area (Å²) in [6.45, 7) is -0.0687. The zero-order valence-corrected chi connectivity index (χ0v) is 18.7. The Hall–Kier alpha value is -5.12. The molecule has 0 fully saturated rings. The number of carbonyl (C=O) groups excluding carboxylic acids is 2. The summed E-state index contributed by atoms with van der Waals surface area (Å²) in [7, 11) is 0. The average molecular weight is 482 g/mol. The van der Waals surface area contributed by atoms with Gasteiger partial charge in [-0.05, 0) is 42.5 Å². The van der Waals surface area contributed by atoms with Gasteiger partial charge in [0.2, 0.25) is 24.5 Å². The fourth-order valence-corrected chi connectivity index (χ4v) is 3.83. The van der Waals surface area contributed by atoms with Gasteiger partial charge in [0, 0.05) is 18.3 Å². The molecule has 0 saturated heterocycles. The molecule has 2 aliphatic heterocycles. The van der Waals surface area contributed by atoms with Gasteiger partial charge in [0.05, 0.1) is 17.4 Å². The maximum Gasteiger partial charge on any atom is 0.262 e. The lowest BCUT2D eigenvalue weighted by Gasteiger charge is -2.21. The van der Waals surface area contributed by atoms with E-state index in [4.69, 9.17) is 18.9 Å². The highest BCUT2D eigenvalue weighted by Crippen LogP contribution is 2.38. The first-order valence-corrected chi connectivity index (χ1v) is 11.0. The van der Waals surface area contributed by atoms with Crippen LogP contribution >= 0.6 is 0 Å². The van der Waals surface area contributed by atoms with E-state index in [-0.39, 0.29) is 25.1 Å². The van der Waals surface area contributed by atoms with Gasteiger partial charge in [-0.15, -0.1) is 0 Å². The van der Waals surface area contributed by atoms with Gasteiger partial charge in [-0.3, -0.25) is 14.5 Å². The van der Waals surface area contributed by atoms with Crippen LogP contribution in [0.2, 0.25) is 0 Å². The number of ether oxygens (including phenoxy) is 4. The highest BCUT2D eigenvalue weighted by molar-refractivity contribution is 6.12. The Labute approximate surface area is 205 Å². The van der Waals surface area contributed by atoms with Gasteiger partial charge in [0.15, 0.2) is 11.5 Å². The summed E-state index contributed by atoms with van der Waals surface area (Å²) in [6, 6.07) is 18.7. The summed E-state index contributed by atoms with van der Waals surface area (Å²) in [4.78, 5) is 36.0. The summed E-state index contributed by atoms with van der Waals surface area (Å²) in [6.07, 6.45) is 3.03. The Balaban J connectivity index is 1.16. The lowest BCUT2D eigenvalue weighted by molar-refractivity contribution is -0.114. The molecule has 0 aliphatic carbocycles. The number of fused-ring (bicyclic) bond motifs is 3. The van der Waals surface area contributed by atoms with Crippen LogP contribution in [0.15, 0.2) is 79.1 Å². The summed E-state index contributed by atoms with van der Waals surface area (Å²) >= 11 is 0. The van der Waals surface area contributed by atoms with Crippen molar-refractivity contribution >= 4 is 23.2 Å². The Bertz CT molecular complexity index is 1470. The van der Waals surface area contributed by atoms with Crippen molar-refractivity contribution in [2.24, 2.45) is 0 Å². The first-order chi connectivity index (χ1) is 17.6. The molecule has 36 heavy (non-hydrogen) atoms. The number of nitrogens with zero attached hydrogens (tertiary/aromatic N) is 3. The number of anilines is 2. The van der Waals surface area contributed by atoms with Crippen LogP contribution in [0.4, 0.5) is 11.4 Å². The van der Waals surface area contributed by atoms with E-state index in [1.165, 1.54) is 11.1 Å². The topological polar surface area (TPSA) is 112 Å². The maximum atomic E-state index is 13.3. The smallest absolute Gasteiger partial charge is 0.262 e. The number of hydrogen-bond donors (Lipinski definition) is 1. The average Bonchev–Trinajstić information content (AvgIpc) is 3.33. The van der Waals surface area contributed by atoms with E-state index in [1.807, 2.05) is 0 Å². The monoisotopic (exact) mass is 482 g/mol. The molecule has 10 nitrogen and oxygen atoms in total. The van der Waals surface area contributed by atoms with Gasteiger partial charge in [0.1, 0.15) is 23.7 Å². The largest absolute Gasteiger partial charge is 0.454 e. The number of carbonyl (C=O) groups is 2. The van der Waals surface area contributed by atoms with Crippen LogP contribution in [-0.2, 0) is 4.79 Å². The summed E-state index contributed by atoms with van der Waals surface area (Å²) in [5.41, 5.74) is 1.19.